The number of rotatable bonds is 4. The molecule has 1 saturated heterocycles. The molecular formula is C18H26FN2O+. The number of fused-ring (bicyclic) bond motifs is 1. The van der Waals surface area contributed by atoms with E-state index >= 15 is 0 Å². The first-order valence-corrected chi connectivity index (χ1v) is 8.55. The molecule has 120 valence electrons. The third-order valence-electron chi connectivity index (χ3n) is 5.30. The van der Waals surface area contributed by atoms with Crippen molar-refractivity contribution in [1.29, 1.82) is 0 Å². The van der Waals surface area contributed by atoms with E-state index in [9.17, 15) is 9.18 Å². The highest BCUT2D eigenvalue weighted by atomic mass is 19.1. The smallest absolute Gasteiger partial charge is 0.275 e. The molecule has 1 unspecified atom stereocenters. The number of quaternary nitrogens is 1. The molecule has 22 heavy (non-hydrogen) atoms. The number of carbonyl (C=O) groups excluding carboxylic acids is 1. The molecule has 1 aliphatic heterocycles. The van der Waals surface area contributed by atoms with Gasteiger partial charge in [-0.05, 0) is 42.9 Å². The van der Waals surface area contributed by atoms with Gasteiger partial charge in [0.1, 0.15) is 5.82 Å². The first-order chi connectivity index (χ1) is 10.7. The van der Waals surface area contributed by atoms with Crippen molar-refractivity contribution >= 4 is 5.91 Å². The molecule has 0 aromatic heterocycles. The summed E-state index contributed by atoms with van der Waals surface area (Å²) in [5.74, 6) is 1.62. The molecule has 2 aliphatic rings. The maximum absolute atomic E-state index is 12.8. The highest BCUT2D eigenvalue weighted by Gasteiger charge is 2.34. The highest BCUT2D eigenvalue weighted by molar-refractivity contribution is 5.76. The molecule has 3 rings (SSSR count). The summed E-state index contributed by atoms with van der Waals surface area (Å²) >= 11 is 0. The van der Waals surface area contributed by atoms with Gasteiger partial charge in [-0.1, -0.05) is 25.0 Å². The zero-order valence-electron chi connectivity index (χ0n) is 13.1. The normalized spacial score (nSPS) is 28.0. The fraction of sp³-hybridized carbons (Fsp3) is 0.611. The summed E-state index contributed by atoms with van der Waals surface area (Å²) in [5.41, 5.74) is 0.940. The van der Waals surface area contributed by atoms with Crippen LogP contribution < -0.4 is 10.2 Å². The van der Waals surface area contributed by atoms with Gasteiger partial charge in [-0.15, -0.1) is 0 Å². The highest BCUT2D eigenvalue weighted by Crippen LogP contribution is 2.32. The summed E-state index contributed by atoms with van der Waals surface area (Å²) in [5, 5.41) is 2.96. The van der Waals surface area contributed by atoms with E-state index in [1.54, 1.807) is 12.1 Å². The first-order valence-electron chi connectivity index (χ1n) is 8.55. The minimum atomic E-state index is -0.241. The lowest BCUT2D eigenvalue weighted by Crippen LogP contribution is -3.15. The Morgan fingerprint density at radius 3 is 2.64 bits per heavy atom. The predicted molar refractivity (Wildman–Crippen MR) is 83.9 cm³/mol. The molecule has 3 atom stereocenters. The molecule has 0 bridgehead atoms. The monoisotopic (exact) mass is 305 g/mol. The lowest BCUT2D eigenvalue weighted by atomic mass is 9.75. The minimum Gasteiger partial charge on any atom is -0.347 e. The molecule has 1 aromatic carbocycles. The molecule has 1 amide bonds. The molecule has 3 nitrogen and oxygen atoms in total. The molecular weight excluding hydrogens is 279 g/mol. The first kappa shape index (κ1) is 15.5. The third kappa shape index (κ3) is 4.07. The van der Waals surface area contributed by atoms with Crippen LogP contribution >= 0.6 is 0 Å². The van der Waals surface area contributed by atoms with Gasteiger partial charge in [-0.3, -0.25) is 4.79 Å². The Morgan fingerprint density at radius 2 is 1.86 bits per heavy atom. The molecule has 1 heterocycles. The number of hydrogen-bond acceptors (Lipinski definition) is 1. The number of carbonyl (C=O) groups is 1. The molecule has 0 spiro atoms. The summed E-state index contributed by atoms with van der Waals surface area (Å²) < 4.78 is 12.8. The van der Waals surface area contributed by atoms with Crippen LogP contribution in [0.5, 0.6) is 0 Å². The molecule has 2 fully saturated rings. The topological polar surface area (TPSA) is 33.5 Å². The van der Waals surface area contributed by atoms with E-state index in [-0.39, 0.29) is 11.7 Å². The van der Waals surface area contributed by atoms with Crippen LogP contribution in [0.4, 0.5) is 4.39 Å². The zero-order chi connectivity index (χ0) is 15.4. The van der Waals surface area contributed by atoms with Gasteiger partial charge < -0.3 is 10.2 Å². The van der Waals surface area contributed by atoms with Crippen molar-refractivity contribution in [2.24, 2.45) is 11.8 Å². The lowest BCUT2D eigenvalue weighted by molar-refractivity contribution is -0.902. The second kappa shape index (κ2) is 7.23. The second-order valence-electron chi connectivity index (χ2n) is 6.88. The van der Waals surface area contributed by atoms with Gasteiger partial charge in [0.05, 0.1) is 13.1 Å². The second-order valence-corrected chi connectivity index (χ2v) is 6.88. The Morgan fingerprint density at radius 1 is 1.14 bits per heavy atom. The predicted octanol–water partition coefficient (Wildman–Crippen LogP) is 1.54. The number of piperidine rings is 1. The number of amides is 1. The standard InChI is InChI=1S/C18H25FN2O/c19-17-7-5-14(6-8-17)11-20-18(22)13-21-10-9-15-3-1-2-4-16(15)12-21/h5-8,15-16H,1-4,9-13H2,(H,20,22)/p+1/t15-,16-/m1/s1. The summed E-state index contributed by atoms with van der Waals surface area (Å²) in [6.07, 6.45) is 6.80. The Balaban J connectivity index is 1.42. The van der Waals surface area contributed by atoms with Crippen molar-refractivity contribution < 1.29 is 14.1 Å². The van der Waals surface area contributed by atoms with Gasteiger partial charge >= 0.3 is 0 Å². The number of nitrogens with one attached hydrogen (secondary N) is 2. The van der Waals surface area contributed by atoms with Gasteiger partial charge in [-0.25, -0.2) is 4.39 Å². The van der Waals surface area contributed by atoms with Crippen molar-refractivity contribution in [2.45, 2.75) is 38.6 Å². The number of likely N-dealkylation sites (tertiary alicyclic amines) is 1. The number of hydrogen-bond donors (Lipinski definition) is 2. The van der Waals surface area contributed by atoms with Crippen LogP contribution in [-0.4, -0.2) is 25.5 Å². The van der Waals surface area contributed by atoms with E-state index in [1.807, 2.05) is 0 Å². The maximum atomic E-state index is 12.8. The molecule has 4 heteroatoms. The fourth-order valence-corrected chi connectivity index (χ4v) is 4.05. The largest absolute Gasteiger partial charge is 0.347 e. The Hall–Kier alpha value is -1.42. The zero-order valence-corrected chi connectivity index (χ0v) is 13.1. The van der Waals surface area contributed by atoms with Gasteiger partial charge in [0.15, 0.2) is 6.54 Å². The summed E-state index contributed by atoms with van der Waals surface area (Å²) in [4.78, 5) is 13.5. The quantitative estimate of drug-likeness (QED) is 0.869. The molecule has 1 saturated carbocycles. The van der Waals surface area contributed by atoms with Crippen molar-refractivity contribution in [1.82, 2.24) is 5.32 Å². The molecule has 0 radical (unpaired) electrons. The SMILES string of the molecule is O=C(C[NH+]1CC[C@H]2CCCC[C@@H]2C1)NCc1ccc(F)cc1. The maximum Gasteiger partial charge on any atom is 0.275 e. The third-order valence-corrected chi connectivity index (χ3v) is 5.30. The van der Waals surface area contributed by atoms with Crippen molar-refractivity contribution in [3.05, 3.63) is 35.6 Å². The Kier molecular flexibility index (Phi) is 5.08. The van der Waals surface area contributed by atoms with E-state index in [2.05, 4.69) is 5.32 Å². The minimum absolute atomic E-state index is 0.105. The lowest BCUT2D eigenvalue weighted by Gasteiger charge is -2.38. The van der Waals surface area contributed by atoms with Crippen LogP contribution in [0, 0.1) is 17.7 Å². The van der Waals surface area contributed by atoms with E-state index in [0.717, 1.165) is 30.5 Å². The van der Waals surface area contributed by atoms with Gasteiger partial charge in [0.2, 0.25) is 0 Å². The van der Waals surface area contributed by atoms with Crippen LogP contribution in [0.25, 0.3) is 0 Å². The number of halogens is 1. The Bertz CT molecular complexity index is 502. The van der Waals surface area contributed by atoms with Crippen LogP contribution in [-0.2, 0) is 11.3 Å². The average Bonchev–Trinajstić information content (AvgIpc) is 2.54. The summed E-state index contributed by atoms with van der Waals surface area (Å²) in [7, 11) is 0. The van der Waals surface area contributed by atoms with Gasteiger partial charge in [-0.2, -0.15) is 0 Å². The van der Waals surface area contributed by atoms with Gasteiger partial charge in [0.25, 0.3) is 5.91 Å². The van der Waals surface area contributed by atoms with Crippen LogP contribution in [0.15, 0.2) is 24.3 Å². The summed E-state index contributed by atoms with van der Waals surface area (Å²) in [6, 6.07) is 6.30. The summed E-state index contributed by atoms with van der Waals surface area (Å²) in [6.45, 7) is 3.35. The molecule has 2 N–H and O–H groups in total. The molecule has 1 aromatic rings. The van der Waals surface area contributed by atoms with Crippen LogP contribution in [0.2, 0.25) is 0 Å². The Labute approximate surface area is 131 Å². The van der Waals surface area contributed by atoms with Crippen molar-refractivity contribution in [3.8, 4) is 0 Å². The van der Waals surface area contributed by atoms with E-state index in [1.165, 1.54) is 49.1 Å². The fourth-order valence-electron chi connectivity index (χ4n) is 4.05. The van der Waals surface area contributed by atoms with Crippen molar-refractivity contribution in [2.75, 3.05) is 19.6 Å². The number of benzene rings is 1. The van der Waals surface area contributed by atoms with E-state index in [4.69, 9.17) is 0 Å². The van der Waals surface area contributed by atoms with E-state index < -0.39 is 0 Å². The molecule has 1 aliphatic carbocycles. The average molecular weight is 305 g/mol. The van der Waals surface area contributed by atoms with E-state index in [0.29, 0.717) is 13.1 Å². The van der Waals surface area contributed by atoms with Crippen LogP contribution in [0.1, 0.15) is 37.7 Å². The van der Waals surface area contributed by atoms with Crippen LogP contribution in [0.3, 0.4) is 0 Å². The van der Waals surface area contributed by atoms with Crippen molar-refractivity contribution in [3.63, 3.8) is 0 Å². The van der Waals surface area contributed by atoms with Gasteiger partial charge in [0, 0.05) is 12.5 Å².